The molecule has 1 aromatic carbocycles. The Labute approximate surface area is 260 Å². The predicted octanol–water partition coefficient (Wildman–Crippen LogP) is 7.13. The fourth-order valence-electron chi connectivity index (χ4n) is 5.39. The third-order valence-electron chi connectivity index (χ3n) is 7.42. The third-order valence-corrected chi connectivity index (χ3v) is 10.4. The minimum atomic E-state index is -3.93. The van der Waals surface area contributed by atoms with Gasteiger partial charge in [0.25, 0.3) is 0 Å². The van der Waals surface area contributed by atoms with Gasteiger partial charge in [0.05, 0.1) is 21.4 Å². The van der Waals surface area contributed by atoms with Crippen LogP contribution in [0, 0.1) is 5.92 Å². The number of amides is 2. The molecule has 1 saturated carbocycles. The van der Waals surface area contributed by atoms with E-state index >= 15 is 0 Å². The zero-order valence-corrected chi connectivity index (χ0v) is 27.8. The Morgan fingerprint density at radius 1 is 1.02 bits per heavy atom. The summed E-state index contributed by atoms with van der Waals surface area (Å²) in [6, 6.07) is 4.88. The first-order valence-electron chi connectivity index (χ1n) is 15.2. The Kier molecular flexibility index (Phi) is 10.4. The lowest BCUT2D eigenvalue weighted by molar-refractivity contribution is 0.0152. The molecule has 1 aliphatic carbocycles. The number of benzene rings is 1. The highest BCUT2D eigenvalue weighted by Gasteiger charge is 2.29. The van der Waals surface area contributed by atoms with Gasteiger partial charge >= 0.3 is 12.2 Å². The number of thiazole rings is 1. The molecule has 2 fully saturated rings. The van der Waals surface area contributed by atoms with E-state index in [1.165, 1.54) is 25.3 Å². The number of anilines is 1. The number of nitrogens with zero attached hydrogens (tertiary/aromatic N) is 2. The minimum absolute atomic E-state index is 0.0774. The normalized spacial score (nSPS) is 17.5. The molecule has 1 aromatic heterocycles. The number of rotatable bonds is 7. The average Bonchev–Trinajstić information content (AvgIpc) is 3.41. The van der Waals surface area contributed by atoms with Crippen molar-refractivity contribution < 1.29 is 27.5 Å². The van der Waals surface area contributed by atoms with Crippen molar-refractivity contribution in [2.75, 3.05) is 25.0 Å². The van der Waals surface area contributed by atoms with E-state index in [1.807, 2.05) is 20.8 Å². The molecule has 2 aliphatic rings. The fourth-order valence-corrected chi connectivity index (χ4v) is 8.25. The van der Waals surface area contributed by atoms with Crippen LogP contribution in [0.3, 0.4) is 0 Å². The second-order valence-electron chi connectivity index (χ2n) is 13.6. The standard InChI is InChI=1S/C31H46N4O6S2/c1-30(2,3)34-43(38,39)26-18-23(12-13-24(26)25-19-32-27(42-25)22-10-8-7-9-11-22)33-28(36)40-20-21-14-16-35(17-15-21)29(37)41-31(4,5)6/h12-13,18-19,21-22,34H,7-11,14-17,20H2,1-6H3,(H,33,36). The highest BCUT2D eigenvalue weighted by Crippen LogP contribution is 2.40. The zero-order chi connectivity index (χ0) is 31.4. The molecule has 0 radical (unpaired) electrons. The van der Waals surface area contributed by atoms with Crippen molar-refractivity contribution in [3.63, 3.8) is 0 Å². The first-order chi connectivity index (χ1) is 20.1. The van der Waals surface area contributed by atoms with Crippen molar-refractivity contribution >= 4 is 39.2 Å². The SMILES string of the molecule is CC(C)(C)NS(=O)(=O)c1cc(NC(=O)OCC2CCN(C(=O)OC(C)(C)C)CC2)ccc1-c1cnc(C2CCCCC2)s1. The maximum Gasteiger partial charge on any atom is 0.411 e. The number of nitrogens with one attached hydrogen (secondary N) is 2. The number of hydrogen-bond acceptors (Lipinski definition) is 8. The highest BCUT2D eigenvalue weighted by molar-refractivity contribution is 7.89. The van der Waals surface area contributed by atoms with Gasteiger partial charge in [-0.25, -0.2) is 27.7 Å². The quantitative estimate of drug-likeness (QED) is 0.332. The van der Waals surface area contributed by atoms with E-state index < -0.39 is 27.3 Å². The van der Waals surface area contributed by atoms with Crippen molar-refractivity contribution in [3.05, 3.63) is 29.4 Å². The maximum absolute atomic E-state index is 13.6. The summed E-state index contributed by atoms with van der Waals surface area (Å²) in [5, 5.41) is 3.74. The Balaban J connectivity index is 1.43. The van der Waals surface area contributed by atoms with E-state index in [2.05, 4.69) is 15.0 Å². The van der Waals surface area contributed by atoms with E-state index in [4.69, 9.17) is 9.47 Å². The molecule has 1 saturated heterocycles. The van der Waals surface area contributed by atoms with Crippen LogP contribution in [0.5, 0.6) is 0 Å². The predicted molar refractivity (Wildman–Crippen MR) is 169 cm³/mol. The van der Waals surface area contributed by atoms with Crippen molar-refractivity contribution in [2.45, 2.75) is 108 Å². The smallest absolute Gasteiger partial charge is 0.411 e. The van der Waals surface area contributed by atoms with Gasteiger partial charge in [0.1, 0.15) is 5.60 Å². The van der Waals surface area contributed by atoms with Crippen LogP contribution < -0.4 is 10.0 Å². The molecule has 4 rings (SSSR count). The van der Waals surface area contributed by atoms with Crippen LogP contribution in [0.25, 0.3) is 10.4 Å². The molecule has 2 N–H and O–H groups in total. The minimum Gasteiger partial charge on any atom is -0.449 e. The van der Waals surface area contributed by atoms with Gasteiger partial charge in [0, 0.05) is 42.0 Å². The summed E-state index contributed by atoms with van der Waals surface area (Å²) in [5.41, 5.74) is -0.376. The number of piperidine rings is 1. The summed E-state index contributed by atoms with van der Waals surface area (Å²) >= 11 is 1.54. The van der Waals surface area contributed by atoms with E-state index in [0.717, 1.165) is 22.7 Å². The molecule has 2 aromatic rings. The van der Waals surface area contributed by atoms with Gasteiger partial charge in [-0.2, -0.15) is 0 Å². The van der Waals surface area contributed by atoms with E-state index in [1.54, 1.807) is 55.3 Å². The number of sulfonamides is 1. The van der Waals surface area contributed by atoms with Gasteiger partial charge in [-0.05, 0) is 85.3 Å². The van der Waals surface area contributed by atoms with E-state index in [9.17, 15) is 18.0 Å². The lowest BCUT2D eigenvalue weighted by Gasteiger charge is -2.33. The number of carbonyl (C=O) groups excluding carboxylic acids is 2. The van der Waals surface area contributed by atoms with Crippen molar-refractivity contribution in [1.29, 1.82) is 0 Å². The highest BCUT2D eigenvalue weighted by atomic mass is 32.2. The lowest BCUT2D eigenvalue weighted by atomic mass is 9.90. The third kappa shape index (κ3) is 9.64. The molecule has 12 heteroatoms. The van der Waals surface area contributed by atoms with Gasteiger partial charge in [-0.15, -0.1) is 11.3 Å². The van der Waals surface area contributed by atoms with Gasteiger partial charge < -0.3 is 14.4 Å². The lowest BCUT2D eigenvalue weighted by Crippen LogP contribution is -2.42. The maximum atomic E-state index is 13.6. The molecule has 2 heterocycles. The largest absolute Gasteiger partial charge is 0.449 e. The Morgan fingerprint density at radius 2 is 1.70 bits per heavy atom. The topological polar surface area (TPSA) is 127 Å². The monoisotopic (exact) mass is 634 g/mol. The van der Waals surface area contributed by atoms with Gasteiger partial charge in [-0.3, -0.25) is 5.32 Å². The van der Waals surface area contributed by atoms with Gasteiger partial charge in [0.2, 0.25) is 10.0 Å². The first kappa shape index (κ1) is 33.2. The first-order valence-corrected chi connectivity index (χ1v) is 17.5. The molecule has 1 aliphatic heterocycles. The summed E-state index contributed by atoms with van der Waals surface area (Å²) in [6.07, 6.45) is 8.01. The van der Waals surface area contributed by atoms with Crippen LogP contribution in [-0.2, 0) is 19.5 Å². The van der Waals surface area contributed by atoms with Crippen LogP contribution in [0.4, 0.5) is 15.3 Å². The summed E-state index contributed by atoms with van der Waals surface area (Å²) in [5.74, 6) is 0.531. The number of aromatic nitrogens is 1. The van der Waals surface area contributed by atoms with Crippen molar-refractivity contribution in [3.8, 4) is 10.4 Å². The van der Waals surface area contributed by atoms with Crippen LogP contribution in [0.1, 0.15) is 97.4 Å². The van der Waals surface area contributed by atoms with Gasteiger partial charge in [-0.1, -0.05) is 25.3 Å². The van der Waals surface area contributed by atoms with Crippen LogP contribution in [0.2, 0.25) is 0 Å². The number of ether oxygens (including phenoxy) is 2. The van der Waals surface area contributed by atoms with Crippen molar-refractivity contribution in [2.24, 2.45) is 5.92 Å². The molecule has 0 spiro atoms. The number of hydrogen-bond donors (Lipinski definition) is 2. The summed E-state index contributed by atoms with van der Waals surface area (Å²) < 4.78 is 40.8. The molecule has 0 unspecified atom stereocenters. The Bertz CT molecular complexity index is 1380. The number of carbonyl (C=O) groups is 2. The second kappa shape index (κ2) is 13.5. The van der Waals surface area contributed by atoms with Crippen LogP contribution in [0.15, 0.2) is 29.3 Å². The van der Waals surface area contributed by atoms with E-state index in [0.29, 0.717) is 43.1 Å². The average molecular weight is 635 g/mol. The Hall–Kier alpha value is -2.70. The van der Waals surface area contributed by atoms with E-state index in [-0.39, 0.29) is 23.5 Å². The Morgan fingerprint density at radius 3 is 2.33 bits per heavy atom. The van der Waals surface area contributed by atoms with Crippen LogP contribution >= 0.6 is 11.3 Å². The molecule has 43 heavy (non-hydrogen) atoms. The molecular weight excluding hydrogens is 588 g/mol. The summed E-state index contributed by atoms with van der Waals surface area (Å²) in [7, 11) is -3.93. The summed E-state index contributed by atoms with van der Waals surface area (Å²) in [6.45, 7) is 12.1. The van der Waals surface area contributed by atoms with Crippen molar-refractivity contribution in [1.82, 2.24) is 14.6 Å². The molecular formula is C31H46N4O6S2. The molecule has 2 amide bonds. The number of likely N-dealkylation sites (tertiary alicyclic amines) is 1. The van der Waals surface area contributed by atoms with Crippen LogP contribution in [-0.4, -0.2) is 61.3 Å². The fraction of sp³-hybridized carbons (Fsp3) is 0.645. The molecule has 0 bridgehead atoms. The zero-order valence-electron chi connectivity index (χ0n) is 26.2. The summed E-state index contributed by atoms with van der Waals surface area (Å²) in [4.78, 5) is 32.2. The molecule has 0 atom stereocenters. The van der Waals surface area contributed by atoms with Gasteiger partial charge in [0.15, 0.2) is 0 Å². The second-order valence-corrected chi connectivity index (χ2v) is 16.3. The molecule has 238 valence electrons. The molecule has 10 nitrogen and oxygen atoms in total.